The van der Waals surface area contributed by atoms with E-state index in [0.29, 0.717) is 18.2 Å². The number of phosphoric ester groups is 1. The molecule has 7 nitrogen and oxygen atoms in total. The van der Waals surface area contributed by atoms with E-state index >= 15 is 0 Å². The van der Waals surface area contributed by atoms with Gasteiger partial charge >= 0.3 is 7.82 Å². The molecule has 39 heavy (non-hydrogen) atoms. The third-order valence-electron chi connectivity index (χ3n) is 9.74. The highest BCUT2D eigenvalue weighted by atomic mass is 31.2. The van der Waals surface area contributed by atoms with E-state index in [0.717, 1.165) is 29.5 Å². The zero-order chi connectivity index (χ0) is 26.6. The Morgan fingerprint density at radius 2 is 1.82 bits per heavy atom. The lowest BCUT2D eigenvalue weighted by Crippen LogP contribution is -2.51. The third kappa shape index (κ3) is 3.17. The molecule has 0 radical (unpaired) electrons. The molecule has 2 N–H and O–H groups in total. The van der Waals surface area contributed by atoms with E-state index in [1.165, 1.54) is 11.1 Å². The fraction of sp³-hybridized carbons (Fsp3) is 0.355. The Morgan fingerprint density at radius 1 is 1.05 bits per heavy atom. The summed E-state index contributed by atoms with van der Waals surface area (Å²) in [5.41, 5.74) is 5.34. The summed E-state index contributed by atoms with van der Waals surface area (Å²) in [5.74, 6) is 0.936. The van der Waals surface area contributed by atoms with Crippen molar-refractivity contribution in [2.24, 2.45) is 5.92 Å². The fourth-order valence-corrected chi connectivity index (χ4v) is 8.94. The number of phosphoric acid groups is 1. The van der Waals surface area contributed by atoms with Crippen LogP contribution in [0.15, 0.2) is 78.9 Å². The van der Waals surface area contributed by atoms with Crippen LogP contribution in [0.2, 0.25) is 0 Å². The lowest BCUT2D eigenvalue weighted by molar-refractivity contribution is 0.00621. The number of fused-ring (bicyclic) bond motifs is 1. The van der Waals surface area contributed by atoms with Crippen molar-refractivity contribution >= 4 is 7.82 Å². The summed E-state index contributed by atoms with van der Waals surface area (Å²) in [6, 6.07) is 22.7. The molecule has 1 saturated heterocycles. The molecule has 8 atom stereocenters. The first kappa shape index (κ1) is 23.9. The molecule has 0 amide bonds. The summed E-state index contributed by atoms with van der Waals surface area (Å²) in [4.78, 5) is 13.0. The topological polar surface area (TPSA) is 88.2 Å². The largest absolute Gasteiger partial charge is 0.527 e. The van der Waals surface area contributed by atoms with Gasteiger partial charge in [0, 0.05) is 22.9 Å². The number of hydrogen-bond donors (Lipinski definition) is 2. The highest BCUT2D eigenvalue weighted by molar-refractivity contribution is 7.47. The molecule has 8 rings (SSSR count). The van der Waals surface area contributed by atoms with Gasteiger partial charge < -0.3 is 14.4 Å². The van der Waals surface area contributed by atoms with Gasteiger partial charge in [-0.25, -0.2) is 4.57 Å². The Balaban J connectivity index is 0.956. The van der Waals surface area contributed by atoms with Crippen LogP contribution in [-0.2, 0) is 26.5 Å². The number of aryl methyl sites for hydroxylation is 1. The minimum Gasteiger partial charge on any atom is -0.482 e. The first-order valence-electron chi connectivity index (χ1n) is 13.6. The van der Waals surface area contributed by atoms with E-state index in [1.807, 2.05) is 30.3 Å². The highest BCUT2D eigenvalue weighted by Crippen LogP contribution is 2.80. The molecule has 5 aliphatic rings. The van der Waals surface area contributed by atoms with Crippen molar-refractivity contribution in [3.63, 3.8) is 0 Å². The van der Waals surface area contributed by atoms with Crippen molar-refractivity contribution in [2.75, 3.05) is 13.7 Å². The van der Waals surface area contributed by atoms with Gasteiger partial charge in [0.25, 0.3) is 0 Å². The molecule has 2 fully saturated rings. The predicted molar refractivity (Wildman–Crippen MR) is 146 cm³/mol. The summed E-state index contributed by atoms with van der Waals surface area (Å²) in [6.45, 7) is 0.0855. The first-order chi connectivity index (χ1) is 18.8. The quantitative estimate of drug-likeness (QED) is 0.180. The average Bonchev–Trinajstić information content (AvgIpc) is 3.23. The second-order valence-electron chi connectivity index (χ2n) is 11.5. The number of nitrogens with zero attached hydrogens (tertiary/aromatic N) is 1. The molecule has 3 aliphatic carbocycles. The fourth-order valence-electron chi connectivity index (χ4n) is 8.14. The molecule has 2 aliphatic heterocycles. The number of likely N-dealkylation sites (tertiary alicyclic amines) is 1. The maximum atomic E-state index is 12.9. The zero-order valence-corrected chi connectivity index (χ0v) is 22.5. The van der Waals surface area contributed by atoms with Crippen molar-refractivity contribution < 1.29 is 28.3 Å². The number of ether oxygens (including phenoxy) is 1. The van der Waals surface area contributed by atoms with Gasteiger partial charge in [0.2, 0.25) is 0 Å². The van der Waals surface area contributed by atoms with Crippen LogP contribution in [0.4, 0.5) is 0 Å². The molecule has 2 heterocycles. The first-order valence-corrected chi connectivity index (χ1v) is 15.1. The number of aliphatic hydroxyl groups excluding tert-OH is 1. The zero-order valence-electron chi connectivity index (χ0n) is 21.6. The molecule has 8 unspecified atom stereocenters. The number of hydrogen-bond acceptors (Lipinski definition) is 6. The van der Waals surface area contributed by atoms with Crippen molar-refractivity contribution in [3.05, 3.63) is 95.6 Å². The van der Waals surface area contributed by atoms with Gasteiger partial charge in [0.1, 0.15) is 12.2 Å². The predicted octanol–water partition coefficient (Wildman–Crippen LogP) is 4.95. The second-order valence-corrected chi connectivity index (χ2v) is 12.9. The van der Waals surface area contributed by atoms with Crippen molar-refractivity contribution in [1.29, 1.82) is 0 Å². The van der Waals surface area contributed by atoms with Crippen LogP contribution in [0.25, 0.3) is 11.1 Å². The second kappa shape index (κ2) is 8.06. The molecule has 3 aromatic carbocycles. The Bertz CT molecular complexity index is 1560. The average molecular weight is 544 g/mol. The van der Waals surface area contributed by atoms with Crippen molar-refractivity contribution in [1.82, 2.24) is 4.90 Å². The minimum absolute atomic E-state index is 0.0393. The van der Waals surface area contributed by atoms with Crippen LogP contribution < -0.4 is 9.26 Å². The summed E-state index contributed by atoms with van der Waals surface area (Å²) in [6.07, 6.45) is 5.01. The van der Waals surface area contributed by atoms with Crippen LogP contribution in [0.5, 0.6) is 11.5 Å². The number of likely N-dealkylation sites (N-methyl/N-ethyl adjacent to an activating group) is 1. The highest BCUT2D eigenvalue weighted by Gasteiger charge is 2.84. The number of rotatable bonds is 8. The molecule has 2 bridgehead atoms. The lowest BCUT2D eigenvalue weighted by atomic mass is 9.64. The van der Waals surface area contributed by atoms with E-state index in [-0.39, 0.29) is 29.2 Å². The normalized spacial score (nSPS) is 35.2. The minimum atomic E-state index is -4.38. The van der Waals surface area contributed by atoms with Crippen LogP contribution in [-0.4, -0.2) is 46.8 Å². The van der Waals surface area contributed by atoms with Crippen molar-refractivity contribution in [2.45, 2.75) is 48.5 Å². The summed E-state index contributed by atoms with van der Waals surface area (Å²) in [7, 11) is -2.23. The maximum Gasteiger partial charge on any atom is 0.527 e. The monoisotopic (exact) mass is 543 g/mol. The van der Waals surface area contributed by atoms with E-state index in [9.17, 15) is 14.6 Å². The molecule has 0 aromatic heterocycles. The summed E-state index contributed by atoms with van der Waals surface area (Å²) < 4.78 is 30.2. The molecule has 200 valence electrons. The Kier molecular flexibility index (Phi) is 4.94. The van der Waals surface area contributed by atoms with Crippen LogP contribution in [0, 0.1) is 5.92 Å². The standard InChI is InChI=1S/C31H30NO6P/c1-32-28-23-13-15-24(33)29-30(23)18-31(28,32)22-14-16-25(27(37-29)26(22)30)38-39(34,35)36-17-5-6-19-9-11-21(12-10-19)20-7-3-2-4-8-20/h2-4,7-16,23-24,28-29,33H,5-6,17-18H2,1H3,(H,34,35). The third-order valence-corrected chi connectivity index (χ3v) is 10.7. The number of aliphatic hydroxyl groups is 1. The van der Waals surface area contributed by atoms with E-state index in [1.54, 1.807) is 6.07 Å². The molecular formula is C31H30NO6P. The van der Waals surface area contributed by atoms with E-state index in [2.05, 4.69) is 54.4 Å². The van der Waals surface area contributed by atoms with E-state index in [4.69, 9.17) is 13.8 Å². The Labute approximate surface area is 227 Å². The van der Waals surface area contributed by atoms with Crippen LogP contribution in [0.3, 0.4) is 0 Å². The van der Waals surface area contributed by atoms with Crippen molar-refractivity contribution in [3.8, 4) is 22.6 Å². The number of piperidine rings is 1. The molecular weight excluding hydrogens is 513 g/mol. The van der Waals surface area contributed by atoms with Gasteiger partial charge in [-0.2, -0.15) is 0 Å². The Morgan fingerprint density at radius 3 is 2.62 bits per heavy atom. The summed E-state index contributed by atoms with van der Waals surface area (Å²) >= 11 is 0. The summed E-state index contributed by atoms with van der Waals surface area (Å²) in [5, 5.41) is 10.8. The number of benzene rings is 3. The molecule has 1 saturated carbocycles. The smallest absolute Gasteiger partial charge is 0.482 e. The van der Waals surface area contributed by atoms with E-state index < -0.39 is 20.0 Å². The van der Waals surface area contributed by atoms with Gasteiger partial charge in [-0.15, -0.1) is 0 Å². The molecule has 3 aromatic rings. The maximum absolute atomic E-state index is 12.9. The SMILES string of the molecule is CN1C2C3C=CC(O)C4Oc5c(OP(=O)(O)OCCCc6ccc(-c7ccccc7)cc6)ccc6c5C34CC621. The van der Waals surface area contributed by atoms with Gasteiger partial charge in [-0.1, -0.05) is 72.8 Å². The van der Waals surface area contributed by atoms with Crippen LogP contribution >= 0.6 is 7.82 Å². The lowest BCUT2D eigenvalue weighted by Gasteiger charge is -2.40. The molecule has 2 spiro atoms. The Hall–Kier alpha value is -2.93. The van der Waals surface area contributed by atoms with Gasteiger partial charge in [0.05, 0.1) is 12.1 Å². The van der Waals surface area contributed by atoms with Gasteiger partial charge in [-0.05, 0) is 54.6 Å². The molecule has 8 heteroatoms. The van der Waals surface area contributed by atoms with Crippen LogP contribution in [0.1, 0.15) is 29.5 Å². The van der Waals surface area contributed by atoms with Gasteiger partial charge in [-0.3, -0.25) is 14.3 Å². The van der Waals surface area contributed by atoms with Gasteiger partial charge in [0.15, 0.2) is 11.5 Å².